The van der Waals surface area contributed by atoms with E-state index in [9.17, 15) is 5.11 Å². The third kappa shape index (κ3) is 2.62. The summed E-state index contributed by atoms with van der Waals surface area (Å²) in [5.41, 5.74) is 4.54. The lowest BCUT2D eigenvalue weighted by Crippen LogP contribution is -2.09. The van der Waals surface area contributed by atoms with Crippen LogP contribution in [-0.2, 0) is 13.0 Å². The van der Waals surface area contributed by atoms with Crippen LogP contribution >= 0.6 is 0 Å². The van der Waals surface area contributed by atoms with Crippen LogP contribution in [0.3, 0.4) is 0 Å². The van der Waals surface area contributed by atoms with Crippen molar-refractivity contribution in [3.63, 3.8) is 0 Å². The lowest BCUT2D eigenvalue weighted by molar-refractivity contribution is 0.168. The zero-order chi connectivity index (χ0) is 13.1. The molecule has 1 aromatic heterocycles. The van der Waals surface area contributed by atoms with Gasteiger partial charge in [0.25, 0.3) is 0 Å². The minimum atomic E-state index is -0.493. The maximum absolute atomic E-state index is 10.3. The van der Waals surface area contributed by atoms with Crippen LogP contribution in [-0.4, -0.2) is 14.7 Å². The standard InChI is InChI=1S/C15H20N2O/c1-4-17-10-16-9-14(17)15(18)8-13-7-11(2)5-6-12(13)3/h5-7,9-10,15,18H,4,8H2,1-3H3. The van der Waals surface area contributed by atoms with Gasteiger partial charge in [0.2, 0.25) is 0 Å². The summed E-state index contributed by atoms with van der Waals surface area (Å²) in [5.74, 6) is 0. The first kappa shape index (κ1) is 12.8. The molecule has 0 saturated heterocycles. The first-order chi connectivity index (χ1) is 8.61. The van der Waals surface area contributed by atoms with Gasteiger partial charge in [-0.2, -0.15) is 0 Å². The van der Waals surface area contributed by atoms with E-state index in [2.05, 4.69) is 44.0 Å². The zero-order valence-corrected chi connectivity index (χ0v) is 11.2. The van der Waals surface area contributed by atoms with E-state index in [4.69, 9.17) is 0 Å². The van der Waals surface area contributed by atoms with Gasteiger partial charge in [-0.15, -0.1) is 0 Å². The molecule has 1 heterocycles. The molecule has 0 spiro atoms. The number of aliphatic hydroxyl groups is 1. The summed E-state index contributed by atoms with van der Waals surface area (Å²) in [7, 11) is 0. The minimum Gasteiger partial charge on any atom is -0.386 e. The topological polar surface area (TPSA) is 38.0 Å². The summed E-state index contributed by atoms with van der Waals surface area (Å²) in [5, 5.41) is 10.3. The predicted octanol–water partition coefficient (Wildman–Crippen LogP) is 2.80. The van der Waals surface area contributed by atoms with Gasteiger partial charge in [-0.05, 0) is 31.9 Å². The molecule has 2 rings (SSSR count). The van der Waals surface area contributed by atoms with Crippen molar-refractivity contribution in [2.75, 3.05) is 0 Å². The van der Waals surface area contributed by atoms with E-state index in [1.165, 1.54) is 16.7 Å². The van der Waals surface area contributed by atoms with Gasteiger partial charge < -0.3 is 9.67 Å². The summed E-state index contributed by atoms with van der Waals surface area (Å²) in [6, 6.07) is 6.35. The van der Waals surface area contributed by atoms with Crippen molar-refractivity contribution in [1.29, 1.82) is 0 Å². The molecule has 3 heteroatoms. The molecule has 1 aromatic carbocycles. The predicted molar refractivity (Wildman–Crippen MR) is 72.5 cm³/mol. The average molecular weight is 244 g/mol. The number of benzene rings is 1. The van der Waals surface area contributed by atoms with Gasteiger partial charge in [-0.25, -0.2) is 4.98 Å². The average Bonchev–Trinajstić information content (AvgIpc) is 2.82. The second kappa shape index (κ2) is 5.36. The molecule has 18 heavy (non-hydrogen) atoms. The number of imidazole rings is 1. The summed E-state index contributed by atoms with van der Waals surface area (Å²) >= 11 is 0. The van der Waals surface area contributed by atoms with E-state index in [-0.39, 0.29) is 0 Å². The molecule has 1 unspecified atom stereocenters. The lowest BCUT2D eigenvalue weighted by Gasteiger charge is -2.14. The fourth-order valence-electron chi connectivity index (χ4n) is 2.21. The van der Waals surface area contributed by atoms with Crippen LogP contribution in [0.4, 0.5) is 0 Å². The van der Waals surface area contributed by atoms with Gasteiger partial charge in [0.1, 0.15) is 0 Å². The quantitative estimate of drug-likeness (QED) is 0.898. The Bertz CT molecular complexity index is 531. The Kier molecular flexibility index (Phi) is 3.82. The molecule has 2 aromatic rings. The molecule has 0 aliphatic heterocycles. The van der Waals surface area contributed by atoms with Crippen molar-refractivity contribution in [3.05, 3.63) is 53.1 Å². The smallest absolute Gasteiger partial charge is 0.0996 e. The molecule has 0 fully saturated rings. The van der Waals surface area contributed by atoms with Gasteiger partial charge in [-0.3, -0.25) is 0 Å². The Labute approximate surface area is 108 Å². The van der Waals surface area contributed by atoms with Crippen LogP contribution in [0.5, 0.6) is 0 Å². The van der Waals surface area contributed by atoms with Gasteiger partial charge in [-0.1, -0.05) is 23.8 Å². The maximum Gasteiger partial charge on any atom is 0.0996 e. The monoisotopic (exact) mass is 244 g/mol. The van der Waals surface area contributed by atoms with Crippen LogP contribution in [0.15, 0.2) is 30.7 Å². The minimum absolute atomic E-state index is 0.493. The Hall–Kier alpha value is -1.61. The molecular weight excluding hydrogens is 224 g/mol. The molecule has 0 bridgehead atoms. The highest BCUT2D eigenvalue weighted by atomic mass is 16.3. The molecule has 3 nitrogen and oxygen atoms in total. The van der Waals surface area contributed by atoms with Crippen LogP contribution in [0.2, 0.25) is 0 Å². The summed E-state index contributed by atoms with van der Waals surface area (Å²) in [6.45, 7) is 7.04. The second-order valence-electron chi connectivity index (χ2n) is 4.75. The number of aromatic nitrogens is 2. The number of nitrogens with zero attached hydrogens (tertiary/aromatic N) is 2. The Balaban J connectivity index is 2.21. The van der Waals surface area contributed by atoms with Crippen LogP contribution in [0, 0.1) is 13.8 Å². The van der Waals surface area contributed by atoms with Crippen molar-refractivity contribution < 1.29 is 5.11 Å². The van der Waals surface area contributed by atoms with Crippen molar-refractivity contribution in [2.24, 2.45) is 0 Å². The molecule has 0 radical (unpaired) electrons. The number of aryl methyl sites for hydroxylation is 3. The molecule has 96 valence electrons. The number of hydrogen-bond acceptors (Lipinski definition) is 2. The van der Waals surface area contributed by atoms with Gasteiger partial charge in [0.05, 0.1) is 24.3 Å². The van der Waals surface area contributed by atoms with Crippen LogP contribution in [0.25, 0.3) is 0 Å². The number of hydrogen-bond donors (Lipinski definition) is 1. The van der Waals surface area contributed by atoms with Gasteiger partial charge in [0, 0.05) is 13.0 Å². The molecule has 0 amide bonds. The van der Waals surface area contributed by atoms with Crippen molar-refractivity contribution in [2.45, 2.75) is 39.8 Å². The van der Waals surface area contributed by atoms with E-state index in [1.54, 1.807) is 12.5 Å². The fraction of sp³-hybridized carbons (Fsp3) is 0.400. The maximum atomic E-state index is 10.3. The first-order valence-corrected chi connectivity index (χ1v) is 6.36. The Morgan fingerprint density at radius 2 is 2.11 bits per heavy atom. The molecule has 1 atom stereocenters. The fourth-order valence-corrected chi connectivity index (χ4v) is 2.21. The second-order valence-corrected chi connectivity index (χ2v) is 4.75. The summed E-state index contributed by atoms with van der Waals surface area (Å²) in [6.07, 6.45) is 3.66. The van der Waals surface area contributed by atoms with E-state index in [1.807, 2.05) is 4.57 Å². The van der Waals surface area contributed by atoms with Crippen molar-refractivity contribution in [3.8, 4) is 0 Å². The highest BCUT2D eigenvalue weighted by Crippen LogP contribution is 2.21. The highest BCUT2D eigenvalue weighted by Gasteiger charge is 2.14. The lowest BCUT2D eigenvalue weighted by atomic mass is 9.99. The first-order valence-electron chi connectivity index (χ1n) is 6.36. The zero-order valence-electron chi connectivity index (χ0n) is 11.2. The third-order valence-electron chi connectivity index (χ3n) is 3.34. The van der Waals surface area contributed by atoms with E-state index in [0.29, 0.717) is 6.42 Å². The number of aliphatic hydroxyl groups excluding tert-OH is 1. The van der Waals surface area contributed by atoms with E-state index in [0.717, 1.165) is 12.2 Å². The SMILES string of the molecule is CCn1cncc1C(O)Cc1cc(C)ccc1C. The Morgan fingerprint density at radius 3 is 2.83 bits per heavy atom. The normalized spacial score (nSPS) is 12.7. The molecule has 1 N–H and O–H groups in total. The van der Waals surface area contributed by atoms with Gasteiger partial charge in [0.15, 0.2) is 0 Å². The van der Waals surface area contributed by atoms with Crippen LogP contribution in [0.1, 0.15) is 35.4 Å². The molecular formula is C15H20N2O. The van der Waals surface area contributed by atoms with Crippen molar-refractivity contribution >= 4 is 0 Å². The Morgan fingerprint density at radius 1 is 1.33 bits per heavy atom. The highest BCUT2D eigenvalue weighted by molar-refractivity contribution is 5.31. The van der Waals surface area contributed by atoms with E-state index >= 15 is 0 Å². The van der Waals surface area contributed by atoms with Gasteiger partial charge >= 0.3 is 0 Å². The summed E-state index contributed by atoms with van der Waals surface area (Å²) < 4.78 is 1.98. The molecule has 0 aliphatic rings. The molecule has 0 aliphatic carbocycles. The summed E-state index contributed by atoms with van der Waals surface area (Å²) in [4.78, 5) is 4.10. The van der Waals surface area contributed by atoms with Crippen LogP contribution < -0.4 is 0 Å². The van der Waals surface area contributed by atoms with Crippen molar-refractivity contribution in [1.82, 2.24) is 9.55 Å². The largest absolute Gasteiger partial charge is 0.386 e. The van der Waals surface area contributed by atoms with E-state index < -0.39 is 6.10 Å². The molecule has 0 saturated carbocycles. The number of rotatable bonds is 4. The third-order valence-corrected chi connectivity index (χ3v) is 3.34.